The van der Waals surface area contributed by atoms with Crippen LogP contribution in [0.3, 0.4) is 0 Å². The van der Waals surface area contributed by atoms with Crippen LogP contribution in [0.5, 0.6) is 11.6 Å². The summed E-state index contributed by atoms with van der Waals surface area (Å²) in [5.74, 6) is 0.229. The number of fused-ring (bicyclic) bond motifs is 2. The standard InChI is InChI=1S/C15H13N3O4/c16-7-8-1-2-10(9-4-6-22-13(8)9)18-14(20)12-11(19)3-5-17(12)15(18)21/h1-2,11,19-20H,3-6H2/t11-/m1/s1. The van der Waals surface area contributed by atoms with Crippen molar-refractivity contribution in [2.75, 3.05) is 6.61 Å². The van der Waals surface area contributed by atoms with Crippen molar-refractivity contribution in [1.82, 2.24) is 9.13 Å². The van der Waals surface area contributed by atoms with Crippen LogP contribution in [-0.2, 0) is 13.0 Å². The molecule has 0 aliphatic carbocycles. The number of rotatable bonds is 1. The van der Waals surface area contributed by atoms with Gasteiger partial charge in [-0.2, -0.15) is 5.26 Å². The zero-order valence-electron chi connectivity index (χ0n) is 11.6. The van der Waals surface area contributed by atoms with Crippen LogP contribution >= 0.6 is 0 Å². The van der Waals surface area contributed by atoms with Gasteiger partial charge in [0.25, 0.3) is 0 Å². The molecular formula is C15H13N3O4. The van der Waals surface area contributed by atoms with Gasteiger partial charge < -0.3 is 14.9 Å². The number of nitriles is 1. The summed E-state index contributed by atoms with van der Waals surface area (Å²) in [5, 5.41) is 29.4. The summed E-state index contributed by atoms with van der Waals surface area (Å²) in [4.78, 5) is 12.5. The number of nitrogens with zero attached hydrogens (tertiary/aromatic N) is 3. The quantitative estimate of drug-likeness (QED) is 0.802. The van der Waals surface area contributed by atoms with Gasteiger partial charge in [0.15, 0.2) is 0 Å². The fraction of sp³-hybridized carbons (Fsp3) is 0.333. The Hall–Kier alpha value is -2.72. The highest BCUT2D eigenvalue weighted by atomic mass is 16.5. The molecule has 0 amide bonds. The SMILES string of the molecule is N#Cc1ccc(-n2c(O)c3n(c2=O)CC[C@H]3O)c2c1OCC2. The number of aromatic hydroxyl groups is 1. The van der Waals surface area contributed by atoms with Gasteiger partial charge in [0, 0.05) is 18.5 Å². The number of hydrogen-bond acceptors (Lipinski definition) is 5. The number of benzene rings is 1. The molecular weight excluding hydrogens is 286 g/mol. The lowest BCUT2D eigenvalue weighted by molar-refractivity contribution is 0.175. The summed E-state index contributed by atoms with van der Waals surface area (Å²) in [5.41, 5.74) is 1.51. The Kier molecular flexibility index (Phi) is 2.59. The van der Waals surface area contributed by atoms with Gasteiger partial charge in [-0.3, -0.25) is 4.57 Å². The normalized spacial score (nSPS) is 18.6. The molecule has 7 heteroatoms. The van der Waals surface area contributed by atoms with Crippen LogP contribution in [0.15, 0.2) is 16.9 Å². The van der Waals surface area contributed by atoms with Crippen molar-refractivity contribution in [3.05, 3.63) is 39.4 Å². The van der Waals surface area contributed by atoms with E-state index in [4.69, 9.17) is 10.00 Å². The van der Waals surface area contributed by atoms with Crippen molar-refractivity contribution in [2.45, 2.75) is 25.5 Å². The van der Waals surface area contributed by atoms with Gasteiger partial charge in [0.1, 0.15) is 23.6 Å². The molecule has 1 aromatic heterocycles. The predicted octanol–water partition coefficient (Wildman–Crippen LogP) is 0.588. The lowest BCUT2D eigenvalue weighted by Gasteiger charge is -2.10. The minimum absolute atomic E-state index is 0.242. The first kappa shape index (κ1) is 13.0. The van der Waals surface area contributed by atoms with Gasteiger partial charge in [0.2, 0.25) is 5.88 Å². The van der Waals surface area contributed by atoms with Crippen molar-refractivity contribution < 1.29 is 14.9 Å². The van der Waals surface area contributed by atoms with E-state index < -0.39 is 6.10 Å². The van der Waals surface area contributed by atoms with Gasteiger partial charge in [-0.25, -0.2) is 9.36 Å². The maximum Gasteiger partial charge on any atom is 0.336 e. The third kappa shape index (κ3) is 1.50. The zero-order valence-corrected chi connectivity index (χ0v) is 11.6. The van der Waals surface area contributed by atoms with Crippen LogP contribution < -0.4 is 10.4 Å². The van der Waals surface area contributed by atoms with E-state index in [1.165, 1.54) is 9.13 Å². The molecule has 0 radical (unpaired) electrons. The minimum Gasteiger partial charge on any atom is -0.493 e. The van der Waals surface area contributed by atoms with Crippen molar-refractivity contribution in [3.63, 3.8) is 0 Å². The van der Waals surface area contributed by atoms with Gasteiger partial charge in [-0.1, -0.05) is 0 Å². The van der Waals surface area contributed by atoms with E-state index in [0.717, 1.165) is 5.56 Å². The van der Waals surface area contributed by atoms with Gasteiger partial charge >= 0.3 is 5.69 Å². The summed E-state index contributed by atoms with van der Waals surface area (Å²) >= 11 is 0. The summed E-state index contributed by atoms with van der Waals surface area (Å²) in [6, 6.07) is 5.27. The van der Waals surface area contributed by atoms with E-state index >= 15 is 0 Å². The van der Waals surface area contributed by atoms with E-state index in [-0.39, 0.29) is 17.3 Å². The molecule has 0 fully saturated rings. The van der Waals surface area contributed by atoms with Gasteiger partial charge in [-0.05, 0) is 18.6 Å². The van der Waals surface area contributed by atoms with E-state index in [2.05, 4.69) is 6.07 Å². The summed E-state index contributed by atoms with van der Waals surface area (Å²) < 4.78 is 8.06. The molecule has 2 aliphatic rings. The van der Waals surface area contributed by atoms with Crippen molar-refractivity contribution in [2.24, 2.45) is 0 Å². The molecule has 0 saturated heterocycles. The van der Waals surface area contributed by atoms with Crippen molar-refractivity contribution >= 4 is 0 Å². The first-order valence-corrected chi connectivity index (χ1v) is 7.05. The molecule has 1 aromatic carbocycles. The largest absolute Gasteiger partial charge is 0.493 e. The number of aliphatic hydroxyl groups excluding tert-OH is 1. The second kappa shape index (κ2) is 4.39. The molecule has 0 bridgehead atoms. The van der Waals surface area contributed by atoms with Crippen molar-refractivity contribution in [1.29, 1.82) is 5.26 Å². The van der Waals surface area contributed by atoms with Crippen LogP contribution in [-0.4, -0.2) is 26.0 Å². The molecule has 0 saturated carbocycles. The van der Waals surface area contributed by atoms with Crippen LogP contribution in [0.4, 0.5) is 0 Å². The Morgan fingerprint density at radius 3 is 2.95 bits per heavy atom. The number of ether oxygens (including phenoxy) is 1. The zero-order chi connectivity index (χ0) is 15.4. The van der Waals surface area contributed by atoms with Gasteiger partial charge in [-0.15, -0.1) is 0 Å². The number of aromatic nitrogens is 2. The molecule has 0 unspecified atom stereocenters. The molecule has 7 nitrogen and oxygen atoms in total. The average Bonchev–Trinajstić information content (AvgIpc) is 3.18. The fourth-order valence-electron chi connectivity index (χ4n) is 3.28. The first-order chi connectivity index (χ1) is 10.6. The molecule has 112 valence electrons. The lowest BCUT2D eigenvalue weighted by atomic mass is 10.1. The number of imidazole rings is 1. The second-order valence-electron chi connectivity index (χ2n) is 5.43. The average molecular weight is 299 g/mol. The molecule has 22 heavy (non-hydrogen) atoms. The third-order valence-corrected chi connectivity index (χ3v) is 4.29. The monoisotopic (exact) mass is 299 g/mol. The Balaban J connectivity index is 2.00. The minimum atomic E-state index is -0.836. The van der Waals surface area contributed by atoms with E-state index in [1.807, 2.05) is 0 Å². The molecule has 2 aromatic rings. The molecule has 2 aliphatic heterocycles. The van der Waals surface area contributed by atoms with Gasteiger partial charge in [0.05, 0.1) is 17.9 Å². The highest BCUT2D eigenvalue weighted by molar-refractivity contribution is 5.60. The highest BCUT2D eigenvalue weighted by Gasteiger charge is 2.32. The smallest absolute Gasteiger partial charge is 0.336 e. The predicted molar refractivity (Wildman–Crippen MR) is 75.2 cm³/mol. The van der Waals surface area contributed by atoms with Crippen LogP contribution in [0.2, 0.25) is 0 Å². The Labute approximate surface area is 125 Å². The number of aliphatic hydroxyl groups is 1. The second-order valence-corrected chi connectivity index (χ2v) is 5.43. The van der Waals surface area contributed by atoms with E-state index in [1.54, 1.807) is 12.1 Å². The molecule has 2 N–H and O–H groups in total. The van der Waals surface area contributed by atoms with E-state index in [9.17, 15) is 15.0 Å². The number of hydrogen-bond donors (Lipinski definition) is 2. The highest BCUT2D eigenvalue weighted by Crippen LogP contribution is 2.38. The third-order valence-electron chi connectivity index (χ3n) is 4.29. The molecule has 4 rings (SSSR count). The van der Waals surface area contributed by atoms with Crippen LogP contribution in [0.1, 0.15) is 29.3 Å². The van der Waals surface area contributed by atoms with Crippen molar-refractivity contribution in [3.8, 4) is 23.4 Å². The molecule has 3 heterocycles. The van der Waals surface area contributed by atoms with Crippen LogP contribution in [0, 0.1) is 11.3 Å². The maximum absolute atomic E-state index is 12.5. The molecule has 1 atom stereocenters. The molecule has 0 spiro atoms. The Morgan fingerprint density at radius 1 is 1.41 bits per heavy atom. The Morgan fingerprint density at radius 2 is 2.23 bits per heavy atom. The maximum atomic E-state index is 12.5. The summed E-state index contributed by atoms with van der Waals surface area (Å²) in [7, 11) is 0. The topological polar surface area (TPSA) is 100 Å². The fourth-order valence-corrected chi connectivity index (χ4v) is 3.28. The lowest BCUT2D eigenvalue weighted by Crippen LogP contribution is -2.23. The Bertz CT molecular complexity index is 888. The van der Waals surface area contributed by atoms with Crippen LogP contribution in [0.25, 0.3) is 5.69 Å². The van der Waals surface area contributed by atoms with E-state index in [0.29, 0.717) is 43.0 Å². The summed E-state index contributed by atoms with van der Waals surface area (Å²) in [6.07, 6.45) is 0.152. The first-order valence-electron chi connectivity index (χ1n) is 7.05. The summed E-state index contributed by atoms with van der Waals surface area (Å²) in [6.45, 7) is 0.817.